The number of para-hydroxylation sites is 2. The molecule has 0 unspecified atom stereocenters. The minimum absolute atomic E-state index is 0.0865. The molecule has 0 radical (unpaired) electrons. The fourth-order valence-corrected chi connectivity index (χ4v) is 18.5. The van der Waals surface area contributed by atoms with Crippen LogP contribution in [0.15, 0.2) is 328 Å². The van der Waals surface area contributed by atoms with Crippen molar-refractivity contribution in [1.29, 1.82) is 0 Å². The molecule has 0 saturated carbocycles. The summed E-state index contributed by atoms with van der Waals surface area (Å²) >= 11 is 1.87. The van der Waals surface area contributed by atoms with Crippen LogP contribution in [0.3, 0.4) is 0 Å². The summed E-state index contributed by atoms with van der Waals surface area (Å²) in [5.74, 6) is 0. The standard InChI is InChI=1S/C46H33N.C43H27NS.C2H6/c1-45(2)37-21-10-6-17-32(37)35-28-27-31(29-42(35)45)47(30-15-4-3-5-16-30)43-26-14-25-41-44(43)36-20-9-13-24-40(36)46(41)38-22-11-7-18-33(38)34-19-8-12-23-39(34)46;1-2-14-28(15-3-1)44(38-25-13-27-40-42(38)32-19-7-11-26-39(32)45-40)37-24-12-23-36-41(37)31-18-6-10-22-35(31)43(36)33-20-8-4-16-29(33)30-17-5-9-21-34(30)43;1-2/h3-29H,1-2H3;1-27H;1-2H3. The summed E-state index contributed by atoms with van der Waals surface area (Å²) in [4.78, 5) is 4.99. The van der Waals surface area contributed by atoms with Gasteiger partial charge in [-0.3, -0.25) is 0 Å². The van der Waals surface area contributed by atoms with Gasteiger partial charge in [0.25, 0.3) is 0 Å². The number of benzene rings is 14. The summed E-state index contributed by atoms with van der Waals surface area (Å²) in [6, 6.07) is 122. The molecule has 15 aromatic rings. The first-order valence-corrected chi connectivity index (χ1v) is 34.0. The molecular formula is C91H66N2S. The third-order valence-electron chi connectivity index (χ3n) is 21.0. The van der Waals surface area contributed by atoms with Crippen LogP contribution in [0.2, 0.25) is 0 Å². The molecule has 2 spiro atoms. The Bertz CT molecular complexity index is 5440. The van der Waals surface area contributed by atoms with E-state index in [9.17, 15) is 0 Å². The van der Waals surface area contributed by atoms with Crippen LogP contribution in [-0.2, 0) is 16.2 Å². The third kappa shape index (κ3) is 7.65. The van der Waals surface area contributed by atoms with Crippen LogP contribution in [0.1, 0.15) is 83.3 Å². The Morgan fingerprint density at radius 2 is 0.585 bits per heavy atom. The van der Waals surface area contributed by atoms with Crippen LogP contribution >= 0.6 is 11.3 Å². The van der Waals surface area contributed by atoms with Crippen molar-refractivity contribution in [2.45, 2.75) is 43.9 Å². The van der Waals surface area contributed by atoms with Crippen LogP contribution in [0.5, 0.6) is 0 Å². The van der Waals surface area contributed by atoms with Gasteiger partial charge in [-0.15, -0.1) is 11.3 Å². The maximum atomic E-state index is 2.50. The largest absolute Gasteiger partial charge is 0.310 e. The van der Waals surface area contributed by atoms with Crippen molar-refractivity contribution in [2.75, 3.05) is 9.80 Å². The zero-order chi connectivity index (χ0) is 62.9. The highest BCUT2D eigenvalue weighted by Gasteiger charge is 2.54. The zero-order valence-electron chi connectivity index (χ0n) is 53.0. The van der Waals surface area contributed by atoms with Crippen molar-refractivity contribution in [3.63, 3.8) is 0 Å². The summed E-state index contributed by atoms with van der Waals surface area (Å²) in [5.41, 5.74) is 33.1. The van der Waals surface area contributed by atoms with Gasteiger partial charge in [-0.25, -0.2) is 0 Å². The maximum absolute atomic E-state index is 2.50. The van der Waals surface area contributed by atoms with E-state index >= 15 is 0 Å². The van der Waals surface area contributed by atoms with Crippen molar-refractivity contribution in [1.82, 2.24) is 0 Å². The molecule has 5 aliphatic rings. The van der Waals surface area contributed by atoms with Crippen LogP contribution in [0, 0.1) is 0 Å². The second kappa shape index (κ2) is 21.5. The minimum Gasteiger partial charge on any atom is -0.310 e. The first-order valence-electron chi connectivity index (χ1n) is 33.2. The smallest absolute Gasteiger partial charge is 0.0726 e. The number of nitrogens with zero attached hydrogens (tertiary/aromatic N) is 2. The minimum atomic E-state index is -0.376. The van der Waals surface area contributed by atoms with Gasteiger partial charge in [0.1, 0.15) is 0 Å². The van der Waals surface area contributed by atoms with Crippen LogP contribution in [0.4, 0.5) is 34.1 Å². The van der Waals surface area contributed by atoms with Gasteiger partial charge < -0.3 is 9.80 Å². The molecule has 0 fully saturated rings. The Kier molecular flexibility index (Phi) is 12.7. The Morgan fingerprint density at radius 1 is 0.245 bits per heavy atom. The lowest BCUT2D eigenvalue weighted by Gasteiger charge is -2.32. The van der Waals surface area contributed by atoms with Crippen LogP contribution in [-0.4, -0.2) is 0 Å². The first kappa shape index (κ1) is 55.7. The van der Waals surface area contributed by atoms with Gasteiger partial charge in [0.05, 0.1) is 27.9 Å². The van der Waals surface area contributed by atoms with E-state index in [0.717, 1.165) is 11.4 Å². The van der Waals surface area contributed by atoms with Gasteiger partial charge in [-0.1, -0.05) is 289 Å². The van der Waals surface area contributed by atoms with E-state index in [1.54, 1.807) is 0 Å². The van der Waals surface area contributed by atoms with Gasteiger partial charge in [0, 0.05) is 53.8 Å². The lowest BCUT2D eigenvalue weighted by atomic mass is 9.70. The summed E-state index contributed by atoms with van der Waals surface area (Å²) in [6.07, 6.45) is 0. The van der Waals surface area contributed by atoms with Crippen molar-refractivity contribution in [3.05, 3.63) is 383 Å². The average molecular weight is 1220 g/mol. The predicted octanol–water partition coefficient (Wildman–Crippen LogP) is 24.7. The molecule has 446 valence electrons. The van der Waals surface area contributed by atoms with Gasteiger partial charge in [0.15, 0.2) is 0 Å². The highest BCUT2D eigenvalue weighted by molar-refractivity contribution is 7.26. The lowest BCUT2D eigenvalue weighted by molar-refractivity contribution is 0.660. The second-order valence-electron chi connectivity index (χ2n) is 25.7. The first-order chi connectivity index (χ1) is 46.5. The normalized spacial score (nSPS) is 14.0. The highest BCUT2D eigenvalue weighted by Crippen LogP contribution is 2.67. The number of hydrogen-bond donors (Lipinski definition) is 0. The molecule has 1 aromatic heterocycles. The molecule has 0 amide bonds. The molecular weight excluding hydrogens is 1150 g/mol. The SMILES string of the molecule is CC.CC1(C)c2ccccc2-c2ccc(N(c3ccccc3)c3cccc4c3-c3ccccc3C43c4ccccc4-c4ccccc43)cc21.c1ccc(N(c2cccc3c2-c2ccccc2C32c3ccccc3-c3ccccc32)c2cccc3sc4ccccc4c23)cc1. The number of thiophene rings is 1. The molecule has 0 atom stereocenters. The molecule has 14 aromatic carbocycles. The topological polar surface area (TPSA) is 6.48 Å². The Hall–Kier alpha value is -11.1. The highest BCUT2D eigenvalue weighted by atomic mass is 32.1. The number of hydrogen-bond acceptors (Lipinski definition) is 3. The number of fused-ring (bicyclic) bond motifs is 26. The Morgan fingerprint density at radius 3 is 1.09 bits per heavy atom. The lowest BCUT2D eigenvalue weighted by Crippen LogP contribution is -2.26. The third-order valence-corrected chi connectivity index (χ3v) is 22.1. The van der Waals surface area contributed by atoms with Crippen molar-refractivity contribution in [3.8, 4) is 55.6 Å². The maximum Gasteiger partial charge on any atom is 0.0726 e. The summed E-state index contributed by atoms with van der Waals surface area (Å²) in [5, 5.41) is 2.61. The fourth-order valence-electron chi connectivity index (χ4n) is 17.4. The van der Waals surface area contributed by atoms with Crippen molar-refractivity contribution in [2.24, 2.45) is 0 Å². The van der Waals surface area contributed by atoms with E-state index in [2.05, 4.69) is 351 Å². The summed E-state index contributed by atoms with van der Waals surface area (Å²) < 4.78 is 2.62. The van der Waals surface area contributed by atoms with Gasteiger partial charge in [-0.05, 0) is 167 Å². The number of rotatable bonds is 6. The van der Waals surface area contributed by atoms with E-state index in [-0.39, 0.29) is 16.2 Å². The summed E-state index contributed by atoms with van der Waals surface area (Å²) in [7, 11) is 0. The Labute approximate surface area is 554 Å². The molecule has 20 rings (SSSR count). The molecule has 0 aliphatic heterocycles. The molecule has 0 bridgehead atoms. The fraction of sp³-hybridized carbons (Fsp3) is 0.0769. The molecule has 3 heteroatoms. The van der Waals surface area contributed by atoms with Crippen LogP contribution < -0.4 is 9.80 Å². The zero-order valence-corrected chi connectivity index (χ0v) is 53.8. The average Bonchev–Trinajstić information content (AvgIpc) is 1.51. The van der Waals surface area contributed by atoms with E-state index in [4.69, 9.17) is 0 Å². The molecule has 2 nitrogen and oxygen atoms in total. The van der Waals surface area contributed by atoms with E-state index in [1.807, 2.05) is 25.2 Å². The molecule has 0 saturated heterocycles. The predicted molar refractivity (Wildman–Crippen MR) is 397 cm³/mol. The number of anilines is 6. The molecule has 5 aliphatic carbocycles. The molecule has 1 heterocycles. The van der Waals surface area contributed by atoms with Gasteiger partial charge >= 0.3 is 0 Å². The second-order valence-corrected chi connectivity index (χ2v) is 26.7. The van der Waals surface area contributed by atoms with Crippen molar-refractivity contribution >= 4 is 65.6 Å². The van der Waals surface area contributed by atoms with E-state index in [0.29, 0.717) is 0 Å². The molecule has 0 N–H and O–H groups in total. The van der Waals surface area contributed by atoms with E-state index < -0.39 is 0 Å². The van der Waals surface area contributed by atoms with E-state index in [1.165, 1.54) is 154 Å². The quantitative estimate of drug-likeness (QED) is 0.164. The monoisotopic (exact) mass is 1220 g/mol. The van der Waals surface area contributed by atoms with Gasteiger partial charge in [0.2, 0.25) is 0 Å². The summed E-state index contributed by atoms with van der Waals surface area (Å²) in [6.45, 7) is 8.73. The molecule has 94 heavy (non-hydrogen) atoms. The van der Waals surface area contributed by atoms with Crippen molar-refractivity contribution < 1.29 is 0 Å². The Balaban J connectivity index is 0.000000135. The van der Waals surface area contributed by atoms with Gasteiger partial charge in [-0.2, -0.15) is 0 Å². The van der Waals surface area contributed by atoms with Crippen LogP contribution in [0.25, 0.3) is 75.8 Å².